The van der Waals surface area contributed by atoms with E-state index in [1.54, 1.807) is 7.11 Å². The second-order valence-corrected chi connectivity index (χ2v) is 5.47. The van der Waals surface area contributed by atoms with Crippen LogP contribution in [-0.4, -0.2) is 13.2 Å². The van der Waals surface area contributed by atoms with E-state index in [4.69, 9.17) is 4.74 Å². The molecule has 1 fully saturated rings. The predicted octanol–water partition coefficient (Wildman–Crippen LogP) is 3.95. The molecule has 18 heavy (non-hydrogen) atoms. The number of anilines is 1. The molecule has 2 atom stereocenters. The first-order valence-electron chi connectivity index (χ1n) is 6.24. The highest BCUT2D eigenvalue weighted by atomic mass is 79.9. The number of methoxy groups -OCH3 is 1. The highest BCUT2D eigenvalue weighted by molar-refractivity contribution is 9.10. The standard InChI is InChI=1S/C14H17BrN2O/c1-18-11-6-7-12(15)14(8-11)17-13-5-3-2-4-10(13)9-16/h6-8,10,13,17H,2-5H2,1H3. The molecular formula is C14H17BrN2O. The van der Waals surface area contributed by atoms with Gasteiger partial charge in [0.05, 0.1) is 24.8 Å². The van der Waals surface area contributed by atoms with Crippen molar-refractivity contribution in [2.75, 3.05) is 12.4 Å². The van der Waals surface area contributed by atoms with Gasteiger partial charge in [0.25, 0.3) is 0 Å². The summed E-state index contributed by atoms with van der Waals surface area (Å²) < 4.78 is 6.23. The van der Waals surface area contributed by atoms with Crippen LogP contribution < -0.4 is 10.1 Å². The van der Waals surface area contributed by atoms with Crippen LogP contribution in [0.4, 0.5) is 5.69 Å². The number of benzene rings is 1. The van der Waals surface area contributed by atoms with Gasteiger partial charge in [0, 0.05) is 16.6 Å². The summed E-state index contributed by atoms with van der Waals surface area (Å²) in [5.74, 6) is 0.932. The zero-order chi connectivity index (χ0) is 13.0. The van der Waals surface area contributed by atoms with Gasteiger partial charge in [-0.05, 0) is 40.9 Å². The molecule has 0 aliphatic heterocycles. The van der Waals surface area contributed by atoms with Gasteiger partial charge in [-0.3, -0.25) is 0 Å². The minimum absolute atomic E-state index is 0.108. The SMILES string of the molecule is COc1ccc(Br)c(NC2CCCCC2C#N)c1. The lowest BCUT2D eigenvalue weighted by Gasteiger charge is -2.29. The van der Waals surface area contributed by atoms with Gasteiger partial charge in [0.2, 0.25) is 0 Å². The molecule has 1 aliphatic rings. The van der Waals surface area contributed by atoms with Crippen molar-refractivity contribution in [2.45, 2.75) is 31.7 Å². The lowest BCUT2D eigenvalue weighted by atomic mass is 9.85. The van der Waals surface area contributed by atoms with Crippen LogP contribution >= 0.6 is 15.9 Å². The van der Waals surface area contributed by atoms with E-state index in [1.807, 2.05) is 18.2 Å². The summed E-state index contributed by atoms with van der Waals surface area (Å²) in [5.41, 5.74) is 1.00. The summed E-state index contributed by atoms with van der Waals surface area (Å²) in [4.78, 5) is 0. The van der Waals surface area contributed by atoms with E-state index in [9.17, 15) is 5.26 Å². The lowest BCUT2D eigenvalue weighted by molar-refractivity contribution is 0.388. The molecule has 0 bridgehead atoms. The normalized spacial score (nSPS) is 23.2. The quantitative estimate of drug-likeness (QED) is 0.919. The molecule has 0 aromatic heterocycles. The Balaban J connectivity index is 2.14. The largest absolute Gasteiger partial charge is 0.497 e. The molecule has 96 valence electrons. The van der Waals surface area contributed by atoms with Gasteiger partial charge >= 0.3 is 0 Å². The minimum Gasteiger partial charge on any atom is -0.497 e. The van der Waals surface area contributed by atoms with Crippen molar-refractivity contribution in [3.8, 4) is 11.8 Å². The van der Waals surface area contributed by atoms with Crippen molar-refractivity contribution in [1.82, 2.24) is 0 Å². The molecule has 1 N–H and O–H groups in total. The fraction of sp³-hybridized carbons (Fsp3) is 0.500. The van der Waals surface area contributed by atoms with Crippen LogP contribution in [0.3, 0.4) is 0 Å². The molecule has 1 aromatic rings. The first kappa shape index (κ1) is 13.2. The number of ether oxygens (including phenoxy) is 1. The van der Waals surface area contributed by atoms with E-state index < -0.39 is 0 Å². The second kappa shape index (κ2) is 6.10. The van der Waals surface area contributed by atoms with Crippen molar-refractivity contribution >= 4 is 21.6 Å². The van der Waals surface area contributed by atoms with Gasteiger partial charge in [-0.1, -0.05) is 12.8 Å². The predicted molar refractivity (Wildman–Crippen MR) is 75.7 cm³/mol. The average molecular weight is 309 g/mol. The van der Waals surface area contributed by atoms with Gasteiger partial charge in [-0.25, -0.2) is 0 Å². The van der Waals surface area contributed by atoms with Crippen molar-refractivity contribution < 1.29 is 4.74 Å². The maximum atomic E-state index is 9.18. The van der Waals surface area contributed by atoms with Crippen molar-refractivity contribution in [3.63, 3.8) is 0 Å². The number of nitrogens with zero attached hydrogens (tertiary/aromatic N) is 1. The zero-order valence-electron chi connectivity index (χ0n) is 10.4. The Bertz CT molecular complexity index is 456. The summed E-state index contributed by atoms with van der Waals surface area (Å²) in [6.45, 7) is 0. The number of hydrogen-bond acceptors (Lipinski definition) is 3. The van der Waals surface area contributed by atoms with Crippen LogP contribution in [0.5, 0.6) is 5.75 Å². The van der Waals surface area contributed by atoms with Crippen molar-refractivity contribution in [2.24, 2.45) is 5.92 Å². The first-order valence-corrected chi connectivity index (χ1v) is 7.03. The number of halogens is 1. The summed E-state index contributed by atoms with van der Waals surface area (Å²) in [6.07, 6.45) is 4.41. The van der Waals surface area contributed by atoms with Crippen LogP contribution in [0, 0.1) is 17.2 Å². The fourth-order valence-corrected chi connectivity index (χ4v) is 2.76. The summed E-state index contributed by atoms with van der Waals surface area (Å²) >= 11 is 3.53. The van der Waals surface area contributed by atoms with Crippen LogP contribution in [0.2, 0.25) is 0 Å². The molecule has 2 rings (SSSR count). The van der Waals surface area contributed by atoms with E-state index in [2.05, 4.69) is 27.3 Å². The van der Waals surface area contributed by atoms with E-state index in [0.717, 1.165) is 35.2 Å². The molecular weight excluding hydrogens is 292 g/mol. The Morgan fingerprint density at radius 2 is 2.17 bits per heavy atom. The first-order chi connectivity index (χ1) is 8.74. The summed E-state index contributed by atoms with van der Waals surface area (Å²) in [6, 6.07) is 8.50. The molecule has 4 heteroatoms. The maximum absolute atomic E-state index is 9.18. The third-order valence-electron chi connectivity index (χ3n) is 3.45. The minimum atomic E-state index is 0.108. The molecule has 1 aliphatic carbocycles. The Morgan fingerprint density at radius 3 is 2.89 bits per heavy atom. The molecule has 0 heterocycles. The molecule has 2 unspecified atom stereocenters. The number of hydrogen-bond donors (Lipinski definition) is 1. The molecule has 1 aromatic carbocycles. The van der Waals surface area contributed by atoms with Gasteiger partial charge < -0.3 is 10.1 Å². The lowest BCUT2D eigenvalue weighted by Crippen LogP contribution is -2.31. The van der Waals surface area contributed by atoms with Gasteiger partial charge in [-0.15, -0.1) is 0 Å². The van der Waals surface area contributed by atoms with Crippen molar-refractivity contribution in [1.29, 1.82) is 5.26 Å². The number of rotatable bonds is 3. The third kappa shape index (κ3) is 2.97. The monoisotopic (exact) mass is 308 g/mol. The maximum Gasteiger partial charge on any atom is 0.121 e. The third-order valence-corrected chi connectivity index (χ3v) is 4.14. The van der Waals surface area contributed by atoms with Crippen LogP contribution in [0.15, 0.2) is 22.7 Å². The number of nitrogens with one attached hydrogen (secondary N) is 1. The molecule has 3 nitrogen and oxygen atoms in total. The topological polar surface area (TPSA) is 45.0 Å². The van der Waals surface area contributed by atoms with E-state index in [0.29, 0.717) is 0 Å². The van der Waals surface area contributed by atoms with Crippen LogP contribution in [0.25, 0.3) is 0 Å². The smallest absolute Gasteiger partial charge is 0.121 e. The Kier molecular flexibility index (Phi) is 4.48. The van der Waals surface area contributed by atoms with Gasteiger partial charge in [-0.2, -0.15) is 5.26 Å². The summed E-state index contributed by atoms with van der Waals surface area (Å²) in [5, 5.41) is 12.7. The average Bonchev–Trinajstić information content (AvgIpc) is 2.42. The molecule has 1 saturated carbocycles. The van der Waals surface area contributed by atoms with Crippen molar-refractivity contribution in [3.05, 3.63) is 22.7 Å². The Hall–Kier alpha value is -1.21. The highest BCUT2D eigenvalue weighted by Crippen LogP contribution is 2.32. The molecule has 0 saturated heterocycles. The second-order valence-electron chi connectivity index (χ2n) is 4.62. The molecule has 0 spiro atoms. The van der Waals surface area contributed by atoms with E-state index in [1.165, 1.54) is 6.42 Å². The zero-order valence-corrected chi connectivity index (χ0v) is 12.0. The highest BCUT2D eigenvalue weighted by Gasteiger charge is 2.25. The fourth-order valence-electron chi connectivity index (χ4n) is 2.40. The van der Waals surface area contributed by atoms with E-state index in [-0.39, 0.29) is 12.0 Å². The number of nitriles is 1. The summed E-state index contributed by atoms with van der Waals surface area (Å²) in [7, 11) is 1.66. The van der Waals surface area contributed by atoms with Crippen LogP contribution in [-0.2, 0) is 0 Å². The van der Waals surface area contributed by atoms with Gasteiger partial charge in [0.1, 0.15) is 5.75 Å². The Labute approximate surface area is 116 Å². The molecule has 0 radical (unpaired) electrons. The van der Waals surface area contributed by atoms with Crippen LogP contribution in [0.1, 0.15) is 25.7 Å². The van der Waals surface area contributed by atoms with E-state index >= 15 is 0 Å². The molecule has 0 amide bonds. The Morgan fingerprint density at radius 1 is 1.39 bits per heavy atom. The van der Waals surface area contributed by atoms with Gasteiger partial charge in [0.15, 0.2) is 0 Å².